The van der Waals surface area contributed by atoms with Crippen molar-refractivity contribution in [3.63, 3.8) is 0 Å². The van der Waals surface area contributed by atoms with Crippen LogP contribution >= 0.6 is 0 Å². The third-order valence-electron chi connectivity index (χ3n) is 9.87. The van der Waals surface area contributed by atoms with Crippen LogP contribution in [0.25, 0.3) is 0 Å². The lowest BCUT2D eigenvalue weighted by atomic mass is 9.47. The first-order valence-corrected chi connectivity index (χ1v) is 12.3. The number of amides is 1. The fourth-order valence-corrected chi connectivity index (χ4v) is 8.17. The largest absolute Gasteiger partial charge is 0.459 e. The molecule has 3 saturated carbocycles. The summed E-state index contributed by atoms with van der Waals surface area (Å²) in [6.45, 7) is 4.79. The van der Waals surface area contributed by atoms with E-state index in [2.05, 4.69) is 13.8 Å². The third kappa shape index (κ3) is 3.55. The van der Waals surface area contributed by atoms with Gasteiger partial charge >= 0.3 is 5.97 Å². The molecule has 0 aromatic heterocycles. The molecular weight excluding hydrogens is 420 g/mol. The highest BCUT2D eigenvalue weighted by Crippen LogP contribution is 2.65. The van der Waals surface area contributed by atoms with Gasteiger partial charge in [-0.15, -0.1) is 0 Å². The van der Waals surface area contributed by atoms with Crippen molar-refractivity contribution in [3.05, 3.63) is 39.9 Å². The predicted octanol–water partition coefficient (Wildman–Crippen LogP) is 4.98. The number of carbonyl (C=O) groups excluding carboxylic acids is 2. The first-order valence-electron chi connectivity index (χ1n) is 12.3. The zero-order chi connectivity index (χ0) is 23.5. The molecule has 7 heteroatoms. The van der Waals surface area contributed by atoms with Crippen LogP contribution in [0.15, 0.2) is 24.3 Å². The Bertz CT molecular complexity index is 977. The number of nitrogens with zero attached hydrogens (tertiary/aromatic N) is 2. The molecule has 3 aliphatic carbocycles. The standard InChI is InChI=1S/C26H34N2O5/c1-25-12-10-20-19(8-9-22-26(20,2)13-11-23(29)27(22)3)21(25)14-18(15-25)33-24(30)16-4-6-17(7-5-16)28(31)32/h4-7,18-22H,8-15H2,1-3H3/t18-,19?,20?,21?,22?,25-,26-/m1/s1. The van der Waals surface area contributed by atoms with Gasteiger partial charge in [-0.3, -0.25) is 14.9 Å². The number of likely N-dealkylation sites (tertiary alicyclic amines) is 1. The monoisotopic (exact) mass is 454 g/mol. The van der Waals surface area contributed by atoms with Crippen molar-refractivity contribution in [1.29, 1.82) is 0 Å². The normalized spacial score (nSPS) is 39.9. The number of non-ortho nitro benzene ring substituents is 1. The van der Waals surface area contributed by atoms with E-state index in [1.54, 1.807) is 0 Å². The third-order valence-corrected chi connectivity index (χ3v) is 9.87. The second kappa shape index (κ2) is 7.81. The van der Waals surface area contributed by atoms with Crippen LogP contribution in [0.5, 0.6) is 0 Å². The molecule has 4 fully saturated rings. The first-order chi connectivity index (χ1) is 15.6. The van der Waals surface area contributed by atoms with E-state index in [1.165, 1.54) is 30.7 Å². The Hall–Kier alpha value is -2.44. The van der Waals surface area contributed by atoms with Gasteiger partial charge in [-0.05, 0) is 85.7 Å². The Morgan fingerprint density at radius 1 is 1.12 bits per heavy atom. The van der Waals surface area contributed by atoms with Crippen molar-refractivity contribution in [2.75, 3.05) is 7.05 Å². The Labute approximate surface area is 195 Å². The molecule has 5 rings (SSSR count). The highest BCUT2D eigenvalue weighted by Gasteiger charge is 2.60. The van der Waals surface area contributed by atoms with Crippen LogP contribution in [-0.2, 0) is 9.53 Å². The number of esters is 1. The van der Waals surface area contributed by atoms with Crippen molar-refractivity contribution < 1.29 is 19.2 Å². The predicted molar refractivity (Wildman–Crippen MR) is 122 cm³/mol. The molecule has 178 valence electrons. The molecule has 7 atom stereocenters. The highest BCUT2D eigenvalue weighted by atomic mass is 16.6. The number of carbonyl (C=O) groups is 2. The van der Waals surface area contributed by atoms with E-state index >= 15 is 0 Å². The number of nitro benzene ring substituents is 1. The van der Waals surface area contributed by atoms with Crippen LogP contribution in [0.1, 0.15) is 75.6 Å². The maximum absolute atomic E-state index is 12.8. The van der Waals surface area contributed by atoms with E-state index in [-0.39, 0.29) is 28.5 Å². The minimum Gasteiger partial charge on any atom is -0.459 e. The Balaban J connectivity index is 1.30. The lowest BCUT2D eigenvalue weighted by molar-refractivity contribution is -0.384. The molecule has 0 N–H and O–H groups in total. The topological polar surface area (TPSA) is 89.8 Å². The number of fused-ring (bicyclic) bond motifs is 5. The first kappa shape index (κ1) is 22.4. The quantitative estimate of drug-likeness (QED) is 0.365. The molecule has 1 aliphatic heterocycles. The van der Waals surface area contributed by atoms with Crippen molar-refractivity contribution in [1.82, 2.24) is 4.90 Å². The summed E-state index contributed by atoms with van der Waals surface area (Å²) in [6, 6.07) is 6.00. The van der Waals surface area contributed by atoms with Gasteiger partial charge in [0.1, 0.15) is 6.10 Å². The lowest BCUT2D eigenvalue weighted by Gasteiger charge is -2.61. The molecule has 33 heavy (non-hydrogen) atoms. The van der Waals surface area contributed by atoms with Gasteiger partial charge in [0.15, 0.2) is 0 Å². The maximum atomic E-state index is 12.8. The Morgan fingerprint density at radius 3 is 2.55 bits per heavy atom. The molecule has 1 aromatic carbocycles. The van der Waals surface area contributed by atoms with Crippen LogP contribution < -0.4 is 0 Å². The van der Waals surface area contributed by atoms with Crippen molar-refractivity contribution in [2.24, 2.45) is 28.6 Å². The summed E-state index contributed by atoms with van der Waals surface area (Å²) in [6.07, 6.45) is 7.87. The van der Waals surface area contributed by atoms with Gasteiger partial charge in [0, 0.05) is 31.6 Å². The van der Waals surface area contributed by atoms with Gasteiger partial charge in [-0.1, -0.05) is 13.8 Å². The number of piperidine rings is 1. The van der Waals surface area contributed by atoms with E-state index < -0.39 is 10.9 Å². The van der Waals surface area contributed by atoms with Crippen LogP contribution in [0.4, 0.5) is 5.69 Å². The van der Waals surface area contributed by atoms with Gasteiger partial charge in [0.05, 0.1) is 10.5 Å². The molecule has 4 aliphatic rings. The number of hydrogen-bond donors (Lipinski definition) is 0. The Kier molecular flexibility index (Phi) is 5.29. The summed E-state index contributed by atoms with van der Waals surface area (Å²) >= 11 is 0. The summed E-state index contributed by atoms with van der Waals surface area (Å²) in [4.78, 5) is 37.5. The second-order valence-corrected chi connectivity index (χ2v) is 11.4. The van der Waals surface area contributed by atoms with Gasteiger partial charge < -0.3 is 9.64 Å². The summed E-state index contributed by atoms with van der Waals surface area (Å²) in [5, 5.41) is 10.9. The summed E-state index contributed by atoms with van der Waals surface area (Å²) in [5.41, 5.74) is 0.694. The van der Waals surface area contributed by atoms with Crippen LogP contribution in [0, 0.1) is 38.7 Å². The molecule has 7 nitrogen and oxygen atoms in total. The molecule has 0 radical (unpaired) electrons. The number of benzene rings is 1. The zero-order valence-corrected chi connectivity index (χ0v) is 19.8. The summed E-state index contributed by atoms with van der Waals surface area (Å²) in [5.74, 6) is 1.67. The summed E-state index contributed by atoms with van der Waals surface area (Å²) in [7, 11) is 1.99. The van der Waals surface area contributed by atoms with Crippen LogP contribution in [0.3, 0.4) is 0 Å². The van der Waals surface area contributed by atoms with E-state index in [9.17, 15) is 19.7 Å². The van der Waals surface area contributed by atoms with E-state index in [1.807, 2.05) is 11.9 Å². The molecular formula is C26H34N2O5. The minimum absolute atomic E-state index is 0.0313. The van der Waals surface area contributed by atoms with Crippen molar-refractivity contribution in [2.45, 2.75) is 77.4 Å². The van der Waals surface area contributed by atoms with E-state index in [0.29, 0.717) is 35.8 Å². The summed E-state index contributed by atoms with van der Waals surface area (Å²) < 4.78 is 5.94. The van der Waals surface area contributed by atoms with Crippen molar-refractivity contribution in [3.8, 4) is 0 Å². The molecule has 0 spiro atoms. The minimum atomic E-state index is -0.469. The Morgan fingerprint density at radius 2 is 1.85 bits per heavy atom. The smallest absolute Gasteiger partial charge is 0.338 e. The van der Waals surface area contributed by atoms with E-state index in [0.717, 1.165) is 38.5 Å². The molecule has 1 heterocycles. The van der Waals surface area contributed by atoms with Gasteiger partial charge in [-0.2, -0.15) is 0 Å². The average Bonchev–Trinajstić information content (AvgIpc) is 3.12. The molecule has 1 aromatic rings. The van der Waals surface area contributed by atoms with E-state index in [4.69, 9.17) is 4.74 Å². The van der Waals surface area contributed by atoms with Gasteiger partial charge in [0.2, 0.25) is 5.91 Å². The second-order valence-electron chi connectivity index (χ2n) is 11.4. The number of ether oxygens (including phenoxy) is 1. The van der Waals surface area contributed by atoms with Gasteiger partial charge in [0.25, 0.3) is 5.69 Å². The number of nitro groups is 1. The number of hydrogen-bond acceptors (Lipinski definition) is 5. The van der Waals surface area contributed by atoms with Crippen LogP contribution in [0.2, 0.25) is 0 Å². The maximum Gasteiger partial charge on any atom is 0.338 e. The molecule has 0 bridgehead atoms. The number of rotatable bonds is 3. The molecule has 1 amide bonds. The lowest BCUT2D eigenvalue weighted by Crippen LogP contribution is -2.61. The van der Waals surface area contributed by atoms with Crippen molar-refractivity contribution >= 4 is 17.6 Å². The SMILES string of the molecule is CN1C(=O)CC[C@]2(C)C3CC[C@]4(C)C[C@H](OC(=O)c5ccc([N+](=O)[O-])cc5)CC4C3CCC12. The highest BCUT2D eigenvalue weighted by molar-refractivity contribution is 5.89. The fourth-order valence-electron chi connectivity index (χ4n) is 8.17. The van der Waals surface area contributed by atoms with Crippen LogP contribution in [-0.4, -0.2) is 40.9 Å². The molecule has 4 unspecified atom stereocenters. The molecule has 1 saturated heterocycles. The van der Waals surface area contributed by atoms with Gasteiger partial charge in [-0.25, -0.2) is 4.79 Å². The zero-order valence-electron chi connectivity index (χ0n) is 19.8. The fraction of sp³-hybridized carbons (Fsp3) is 0.692. The average molecular weight is 455 g/mol.